The Kier molecular flexibility index (Phi) is 1.84. The molecule has 0 amide bonds. The van der Waals surface area contributed by atoms with Crippen molar-refractivity contribution in [3.8, 4) is 17.2 Å². The lowest BCUT2D eigenvalue weighted by atomic mass is 10.2. The number of aryl methyl sites for hydroxylation is 1. The zero-order valence-electron chi connectivity index (χ0n) is 8.88. The van der Waals surface area contributed by atoms with Crippen molar-refractivity contribution < 1.29 is 14.2 Å². The van der Waals surface area contributed by atoms with Gasteiger partial charge in [0, 0.05) is 13.8 Å². The lowest BCUT2D eigenvalue weighted by Gasteiger charge is -2.16. The quantitative estimate of drug-likeness (QED) is 0.687. The van der Waals surface area contributed by atoms with Crippen molar-refractivity contribution in [2.24, 2.45) is 0 Å². The minimum atomic E-state index is -0.594. The molecule has 3 heteroatoms. The van der Waals surface area contributed by atoms with E-state index in [0.717, 1.165) is 17.1 Å². The highest BCUT2D eigenvalue weighted by Crippen LogP contribution is 2.46. The molecule has 3 nitrogen and oxygen atoms in total. The Labute approximate surface area is 83.6 Å². The van der Waals surface area contributed by atoms with E-state index >= 15 is 0 Å². The van der Waals surface area contributed by atoms with Gasteiger partial charge in [0.25, 0.3) is 0 Å². The summed E-state index contributed by atoms with van der Waals surface area (Å²) in [5.74, 6) is 1.59. The van der Waals surface area contributed by atoms with Crippen molar-refractivity contribution in [2.75, 3.05) is 7.11 Å². The van der Waals surface area contributed by atoms with Gasteiger partial charge in [-0.05, 0) is 24.6 Å². The van der Waals surface area contributed by atoms with Crippen LogP contribution in [-0.4, -0.2) is 12.9 Å². The highest BCUT2D eigenvalue weighted by molar-refractivity contribution is 5.55. The molecule has 14 heavy (non-hydrogen) atoms. The van der Waals surface area contributed by atoms with E-state index in [1.54, 1.807) is 7.11 Å². The molecule has 0 atom stereocenters. The summed E-state index contributed by atoms with van der Waals surface area (Å²) in [6, 6.07) is 3.89. The molecule has 0 aliphatic carbocycles. The fourth-order valence-electron chi connectivity index (χ4n) is 1.57. The number of benzene rings is 1. The summed E-state index contributed by atoms with van der Waals surface area (Å²) in [7, 11) is 1.63. The molecule has 0 spiro atoms. The van der Waals surface area contributed by atoms with E-state index in [1.165, 1.54) is 0 Å². The van der Waals surface area contributed by atoms with Crippen LogP contribution in [0, 0.1) is 6.92 Å². The van der Waals surface area contributed by atoms with Crippen LogP contribution in [0.4, 0.5) is 0 Å². The molecule has 0 radical (unpaired) electrons. The average molecular weight is 194 g/mol. The molecule has 0 aromatic heterocycles. The van der Waals surface area contributed by atoms with Crippen LogP contribution in [0.25, 0.3) is 0 Å². The normalized spacial score (nSPS) is 16.9. The van der Waals surface area contributed by atoms with Gasteiger partial charge in [0.15, 0.2) is 11.5 Å². The molecule has 1 heterocycles. The summed E-state index contributed by atoms with van der Waals surface area (Å²) >= 11 is 0. The Balaban J connectivity index is 2.50. The second-order valence-electron chi connectivity index (χ2n) is 3.90. The van der Waals surface area contributed by atoms with Crippen molar-refractivity contribution in [1.82, 2.24) is 0 Å². The van der Waals surface area contributed by atoms with Gasteiger partial charge >= 0.3 is 0 Å². The molecule has 0 unspecified atom stereocenters. The first-order valence-electron chi connectivity index (χ1n) is 4.58. The summed E-state index contributed by atoms with van der Waals surface area (Å²) < 4.78 is 16.5. The van der Waals surface area contributed by atoms with Gasteiger partial charge in [0.1, 0.15) is 0 Å². The zero-order chi connectivity index (χ0) is 10.3. The monoisotopic (exact) mass is 194 g/mol. The minimum absolute atomic E-state index is 0.594. The van der Waals surface area contributed by atoms with Crippen molar-refractivity contribution in [3.05, 3.63) is 17.7 Å². The van der Waals surface area contributed by atoms with Gasteiger partial charge in [-0.1, -0.05) is 0 Å². The van der Waals surface area contributed by atoms with Crippen LogP contribution in [0.2, 0.25) is 0 Å². The first kappa shape index (κ1) is 9.19. The molecule has 76 valence electrons. The van der Waals surface area contributed by atoms with Crippen LogP contribution in [0.3, 0.4) is 0 Å². The van der Waals surface area contributed by atoms with Gasteiger partial charge in [-0.2, -0.15) is 0 Å². The van der Waals surface area contributed by atoms with E-state index < -0.39 is 5.79 Å². The number of methoxy groups -OCH3 is 1. The SMILES string of the molecule is COc1cc(C)cc2c1OC(C)(C)O2. The molecule has 2 rings (SSSR count). The maximum atomic E-state index is 5.62. The fourth-order valence-corrected chi connectivity index (χ4v) is 1.57. The van der Waals surface area contributed by atoms with Crippen molar-refractivity contribution >= 4 is 0 Å². The molecule has 1 aromatic carbocycles. The maximum Gasteiger partial charge on any atom is 0.246 e. The molecule has 1 aliphatic heterocycles. The van der Waals surface area contributed by atoms with Gasteiger partial charge in [-0.3, -0.25) is 0 Å². The number of ether oxygens (including phenoxy) is 3. The van der Waals surface area contributed by atoms with Gasteiger partial charge in [0.2, 0.25) is 11.5 Å². The van der Waals surface area contributed by atoms with E-state index in [1.807, 2.05) is 32.9 Å². The molecule has 0 saturated heterocycles. The number of hydrogen-bond acceptors (Lipinski definition) is 3. The van der Waals surface area contributed by atoms with Gasteiger partial charge in [0.05, 0.1) is 7.11 Å². The molecule has 1 aromatic rings. The molecular weight excluding hydrogens is 180 g/mol. The third-order valence-corrected chi connectivity index (χ3v) is 2.09. The summed E-state index contributed by atoms with van der Waals surface area (Å²) in [4.78, 5) is 0. The van der Waals surface area contributed by atoms with E-state index in [2.05, 4.69) is 0 Å². The topological polar surface area (TPSA) is 27.7 Å². The third-order valence-electron chi connectivity index (χ3n) is 2.09. The van der Waals surface area contributed by atoms with Crippen LogP contribution in [0.15, 0.2) is 12.1 Å². The Morgan fingerprint density at radius 1 is 1.21 bits per heavy atom. The van der Waals surface area contributed by atoms with E-state index in [-0.39, 0.29) is 0 Å². The molecule has 0 N–H and O–H groups in total. The van der Waals surface area contributed by atoms with E-state index in [9.17, 15) is 0 Å². The molecule has 0 bridgehead atoms. The highest BCUT2D eigenvalue weighted by Gasteiger charge is 2.34. The zero-order valence-corrected chi connectivity index (χ0v) is 8.88. The average Bonchev–Trinajstić information content (AvgIpc) is 2.37. The largest absolute Gasteiger partial charge is 0.493 e. The second kappa shape index (κ2) is 2.80. The third kappa shape index (κ3) is 1.39. The second-order valence-corrected chi connectivity index (χ2v) is 3.90. The summed E-state index contributed by atoms with van der Waals surface area (Å²) in [6.45, 7) is 5.75. The molecule has 0 fully saturated rings. The minimum Gasteiger partial charge on any atom is -0.493 e. The number of rotatable bonds is 1. The molecular formula is C11H14O3. The first-order valence-corrected chi connectivity index (χ1v) is 4.58. The Bertz CT molecular complexity index is 369. The van der Waals surface area contributed by atoms with Crippen LogP contribution in [-0.2, 0) is 0 Å². The smallest absolute Gasteiger partial charge is 0.246 e. The lowest BCUT2D eigenvalue weighted by Crippen LogP contribution is -2.29. The fraction of sp³-hybridized carbons (Fsp3) is 0.455. The Hall–Kier alpha value is -1.38. The van der Waals surface area contributed by atoms with Gasteiger partial charge < -0.3 is 14.2 Å². The van der Waals surface area contributed by atoms with Crippen LogP contribution >= 0.6 is 0 Å². The standard InChI is InChI=1S/C11H14O3/c1-7-5-8(12-4)10-9(6-7)13-11(2,3)14-10/h5-6H,1-4H3. The maximum absolute atomic E-state index is 5.62. The molecule has 1 aliphatic rings. The van der Waals surface area contributed by atoms with Crippen molar-refractivity contribution in [3.63, 3.8) is 0 Å². The van der Waals surface area contributed by atoms with E-state index in [0.29, 0.717) is 5.75 Å². The number of fused-ring (bicyclic) bond motifs is 1. The molecule has 0 saturated carbocycles. The Morgan fingerprint density at radius 2 is 1.93 bits per heavy atom. The van der Waals surface area contributed by atoms with Crippen LogP contribution in [0.5, 0.6) is 17.2 Å². The highest BCUT2D eigenvalue weighted by atomic mass is 16.7. The summed E-state index contributed by atoms with van der Waals surface area (Å²) in [6.07, 6.45) is 0. The van der Waals surface area contributed by atoms with Crippen molar-refractivity contribution in [1.29, 1.82) is 0 Å². The lowest BCUT2D eigenvalue weighted by molar-refractivity contribution is -0.0439. The first-order chi connectivity index (χ1) is 6.52. The van der Waals surface area contributed by atoms with Crippen molar-refractivity contribution in [2.45, 2.75) is 26.6 Å². The van der Waals surface area contributed by atoms with E-state index in [4.69, 9.17) is 14.2 Å². The predicted octanol–water partition coefficient (Wildman–Crippen LogP) is 2.51. The number of hydrogen-bond donors (Lipinski definition) is 0. The summed E-state index contributed by atoms with van der Waals surface area (Å²) in [5, 5.41) is 0. The summed E-state index contributed by atoms with van der Waals surface area (Å²) in [5.41, 5.74) is 1.10. The Morgan fingerprint density at radius 3 is 2.57 bits per heavy atom. The predicted molar refractivity (Wildman–Crippen MR) is 53.1 cm³/mol. The van der Waals surface area contributed by atoms with Crippen LogP contribution < -0.4 is 14.2 Å². The van der Waals surface area contributed by atoms with Gasteiger partial charge in [-0.25, -0.2) is 0 Å². The van der Waals surface area contributed by atoms with Crippen LogP contribution in [0.1, 0.15) is 19.4 Å². The van der Waals surface area contributed by atoms with Gasteiger partial charge in [-0.15, -0.1) is 0 Å².